The molecule has 0 aliphatic carbocycles. The summed E-state index contributed by atoms with van der Waals surface area (Å²) in [6.45, 7) is 2.06. The van der Waals surface area contributed by atoms with E-state index in [0.29, 0.717) is 19.6 Å². The third-order valence-electron chi connectivity index (χ3n) is 1.49. The lowest BCUT2D eigenvalue weighted by molar-refractivity contribution is 0.102. The number of hydrogen-bond donors (Lipinski definition) is 2. The lowest BCUT2D eigenvalue weighted by Gasteiger charge is -2.02. The molecule has 0 aromatic heterocycles. The van der Waals surface area contributed by atoms with Crippen LogP contribution in [0.1, 0.15) is 19.3 Å². The number of rotatable bonds is 8. The van der Waals surface area contributed by atoms with Crippen LogP contribution in [-0.4, -0.2) is 38.0 Å². The number of oxime groups is 1. The van der Waals surface area contributed by atoms with Gasteiger partial charge in [0.15, 0.2) is 0 Å². The van der Waals surface area contributed by atoms with Crippen molar-refractivity contribution in [1.29, 1.82) is 0 Å². The predicted octanol–water partition coefficient (Wildman–Crippen LogP) is 0.566. The minimum atomic E-state index is 0.250. The Balaban J connectivity index is 3.00. The highest BCUT2D eigenvalue weighted by Crippen LogP contribution is 1.91. The molecule has 0 radical (unpaired) electrons. The zero-order valence-corrected chi connectivity index (χ0v) is 8.03. The van der Waals surface area contributed by atoms with Gasteiger partial charge in [-0.2, -0.15) is 0 Å². The molecule has 5 heteroatoms. The van der Waals surface area contributed by atoms with Crippen LogP contribution in [0.5, 0.6) is 0 Å². The van der Waals surface area contributed by atoms with Crippen molar-refractivity contribution in [1.82, 2.24) is 0 Å². The van der Waals surface area contributed by atoms with Crippen LogP contribution in [-0.2, 0) is 9.47 Å². The zero-order valence-electron chi connectivity index (χ0n) is 8.03. The fraction of sp³-hybridized carbons (Fsp3) is 0.875. The van der Waals surface area contributed by atoms with Crippen LogP contribution in [0.2, 0.25) is 0 Å². The Morgan fingerprint density at radius 3 is 2.62 bits per heavy atom. The Morgan fingerprint density at radius 1 is 1.31 bits per heavy atom. The van der Waals surface area contributed by atoms with E-state index in [1.165, 1.54) is 0 Å². The Labute approximate surface area is 78.5 Å². The van der Waals surface area contributed by atoms with Crippen LogP contribution in [0.15, 0.2) is 5.16 Å². The van der Waals surface area contributed by atoms with Gasteiger partial charge in [0.05, 0.1) is 0 Å². The number of methoxy groups -OCH3 is 1. The van der Waals surface area contributed by atoms with Crippen LogP contribution in [0.4, 0.5) is 0 Å². The van der Waals surface area contributed by atoms with E-state index in [4.69, 9.17) is 20.4 Å². The minimum absolute atomic E-state index is 0.250. The molecular formula is C8H18N2O3. The molecule has 0 saturated carbocycles. The quantitative estimate of drug-likeness (QED) is 0.193. The average molecular weight is 190 g/mol. The second-order valence-electron chi connectivity index (χ2n) is 2.65. The van der Waals surface area contributed by atoms with Crippen molar-refractivity contribution in [3.63, 3.8) is 0 Å². The van der Waals surface area contributed by atoms with Gasteiger partial charge in [-0.15, -0.1) is 0 Å². The summed E-state index contributed by atoms with van der Waals surface area (Å²) in [6, 6.07) is 0. The van der Waals surface area contributed by atoms with Gasteiger partial charge in [-0.1, -0.05) is 5.16 Å². The van der Waals surface area contributed by atoms with E-state index in [2.05, 4.69) is 5.16 Å². The van der Waals surface area contributed by atoms with E-state index in [1.807, 2.05) is 0 Å². The van der Waals surface area contributed by atoms with Crippen molar-refractivity contribution >= 4 is 5.84 Å². The highest BCUT2D eigenvalue weighted by molar-refractivity contribution is 5.79. The average Bonchev–Trinajstić information content (AvgIpc) is 2.16. The van der Waals surface area contributed by atoms with Gasteiger partial charge in [0.1, 0.15) is 5.84 Å². The normalized spacial score (nSPS) is 11.9. The molecule has 13 heavy (non-hydrogen) atoms. The van der Waals surface area contributed by atoms with Gasteiger partial charge in [-0.05, 0) is 12.8 Å². The molecule has 0 aromatic rings. The molecule has 0 rings (SSSR count). The van der Waals surface area contributed by atoms with Crippen LogP contribution < -0.4 is 5.73 Å². The fourth-order valence-corrected chi connectivity index (χ4v) is 0.813. The summed E-state index contributed by atoms with van der Waals surface area (Å²) in [7, 11) is 1.67. The fourth-order valence-electron chi connectivity index (χ4n) is 0.813. The molecule has 0 amide bonds. The van der Waals surface area contributed by atoms with Crippen LogP contribution >= 0.6 is 0 Å². The van der Waals surface area contributed by atoms with E-state index >= 15 is 0 Å². The summed E-state index contributed by atoms with van der Waals surface area (Å²) in [5.74, 6) is 0.250. The minimum Gasteiger partial charge on any atom is -0.409 e. The summed E-state index contributed by atoms with van der Waals surface area (Å²) in [5, 5.41) is 11.1. The Morgan fingerprint density at radius 2 is 2.00 bits per heavy atom. The molecule has 0 aliphatic rings. The van der Waals surface area contributed by atoms with E-state index in [9.17, 15) is 0 Å². The summed E-state index contributed by atoms with van der Waals surface area (Å²) >= 11 is 0. The van der Waals surface area contributed by atoms with E-state index in [0.717, 1.165) is 19.4 Å². The van der Waals surface area contributed by atoms with Gasteiger partial charge in [-0.3, -0.25) is 0 Å². The van der Waals surface area contributed by atoms with E-state index < -0.39 is 0 Å². The van der Waals surface area contributed by atoms with Gasteiger partial charge in [-0.25, -0.2) is 0 Å². The molecule has 0 saturated heterocycles. The molecule has 5 nitrogen and oxygen atoms in total. The first-order chi connectivity index (χ1) is 6.31. The molecule has 78 valence electrons. The van der Waals surface area contributed by atoms with Gasteiger partial charge in [0, 0.05) is 33.4 Å². The highest BCUT2D eigenvalue weighted by atomic mass is 16.5. The monoisotopic (exact) mass is 190 g/mol. The second-order valence-corrected chi connectivity index (χ2v) is 2.65. The van der Waals surface area contributed by atoms with E-state index in [-0.39, 0.29) is 5.84 Å². The van der Waals surface area contributed by atoms with Crippen molar-refractivity contribution in [3.8, 4) is 0 Å². The predicted molar refractivity (Wildman–Crippen MR) is 50.0 cm³/mol. The number of nitrogens with zero attached hydrogens (tertiary/aromatic N) is 1. The molecule has 0 unspecified atom stereocenters. The smallest absolute Gasteiger partial charge is 0.139 e. The topological polar surface area (TPSA) is 77.1 Å². The molecule has 0 fully saturated rings. The van der Waals surface area contributed by atoms with Crippen LogP contribution in [0, 0.1) is 0 Å². The number of hydrogen-bond acceptors (Lipinski definition) is 4. The lowest BCUT2D eigenvalue weighted by atomic mass is 10.3. The SMILES string of the molecule is COCCCOCCC/C(N)=N/O. The summed E-state index contributed by atoms with van der Waals surface area (Å²) in [4.78, 5) is 0. The maximum absolute atomic E-state index is 8.21. The first-order valence-electron chi connectivity index (χ1n) is 4.34. The maximum Gasteiger partial charge on any atom is 0.139 e. The molecule has 0 aliphatic heterocycles. The third-order valence-corrected chi connectivity index (χ3v) is 1.49. The molecule has 0 bridgehead atoms. The third kappa shape index (κ3) is 9.10. The van der Waals surface area contributed by atoms with Crippen LogP contribution in [0.25, 0.3) is 0 Å². The Bertz CT molecular complexity index is 139. The largest absolute Gasteiger partial charge is 0.409 e. The summed E-state index contributed by atoms with van der Waals surface area (Å²) in [5.41, 5.74) is 5.26. The number of amidine groups is 1. The van der Waals surface area contributed by atoms with Gasteiger partial charge >= 0.3 is 0 Å². The summed E-state index contributed by atoms with van der Waals surface area (Å²) < 4.78 is 10.1. The van der Waals surface area contributed by atoms with E-state index in [1.54, 1.807) is 7.11 Å². The number of nitrogens with two attached hydrogens (primary N) is 1. The highest BCUT2D eigenvalue weighted by Gasteiger charge is 1.93. The number of ether oxygens (including phenoxy) is 2. The molecule has 0 aromatic carbocycles. The zero-order chi connectivity index (χ0) is 9.94. The van der Waals surface area contributed by atoms with Crippen molar-refractivity contribution in [2.45, 2.75) is 19.3 Å². The van der Waals surface area contributed by atoms with Gasteiger partial charge in [0.2, 0.25) is 0 Å². The summed E-state index contributed by atoms with van der Waals surface area (Å²) in [6.07, 6.45) is 2.25. The molecule has 0 spiro atoms. The van der Waals surface area contributed by atoms with Crippen molar-refractivity contribution in [2.24, 2.45) is 10.9 Å². The lowest BCUT2D eigenvalue weighted by Crippen LogP contribution is -2.12. The second kappa shape index (κ2) is 9.28. The molecular weight excluding hydrogens is 172 g/mol. The first-order valence-corrected chi connectivity index (χ1v) is 4.34. The Hall–Kier alpha value is -0.810. The van der Waals surface area contributed by atoms with Crippen molar-refractivity contribution in [3.05, 3.63) is 0 Å². The first kappa shape index (κ1) is 12.2. The molecule has 0 atom stereocenters. The standard InChI is InChI=1S/C8H18N2O3/c1-12-5-3-7-13-6-2-4-8(9)10-11/h11H,2-7H2,1H3,(H2,9,10). The molecule has 0 heterocycles. The van der Waals surface area contributed by atoms with Gasteiger partial charge < -0.3 is 20.4 Å². The maximum atomic E-state index is 8.21. The van der Waals surface area contributed by atoms with Crippen molar-refractivity contribution < 1.29 is 14.7 Å². The van der Waals surface area contributed by atoms with Crippen molar-refractivity contribution in [2.75, 3.05) is 26.9 Å². The Kier molecular flexibility index (Phi) is 8.70. The molecule has 3 N–H and O–H groups in total. The van der Waals surface area contributed by atoms with Crippen LogP contribution in [0.3, 0.4) is 0 Å². The van der Waals surface area contributed by atoms with Gasteiger partial charge in [0.25, 0.3) is 0 Å².